The molecule has 0 aromatic rings. The van der Waals surface area contributed by atoms with Crippen molar-refractivity contribution in [3.05, 3.63) is 24.3 Å². The molecule has 16 heavy (non-hydrogen) atoms. The van der Waals surface area contributed by atoms with Gasteiger partial charge in [0.25, 0.3) is 0 Å². The maximum absolute atomic E-state index is 9.54. The number of aliphatic hydroxyl groups is 1. The highest BCUT2D eigenvalue weighted by Crippen LogP contribution is 2.01. The lowest BCUT2D eigenvalue weighted by molar-refractivity contribution is -0.128. The molecule has 0 radical (unpaired) electrons. The molecular weight excluding hydrogens is 204 g/mol. The van der Waals surface area contributed by atoms with Gasteiger partial charge in [-0.1, -0.05) is 24.3 Å². The first-order valence-electron chi connectivity index (χ1n) is 5.91. The molecular formula is C13H24O3. The summed E-state index contributed by atoms with van der Waals surface area (Å²) >= 11 is 0. The van der Waals surface area contributed by atoms with Crippen molar-refractivity contribution in [3.8, 4) is 0 Å². The molecule has 0 aliphatic heterocycles. The second-order valence-electron chi connectivity index (χ2n) is 3.51. The van der Waals surface area contributed by atoms with Crippen LogP contribution in [0.15, 0.2) is 24.3 Å². The average Bonchev–Trinajstić information content (AvgIpc) is 2.25. The monoisotopic (exact) mass is 228 g/mol. The SMILES string of the molecule is CC=CC=CC(O)CCCOC(C)OCC. The van der Waals surface area contributed by atoms with Crippen LogP contribution in [0.4, 0.5) is 0 Å². The van der Waals surface area contributed by atoms with Gasteiger partial charge in [0.05, 0.1) is 6.10 Å². The Labute approximate surface area is 98.8 Å². The maximum atomic E-state index is 9.54. The maximum Gasteiger partial charge on any atom is 0.154 e. The van der Waals surface area contributed by atoms with E-state index in [9.17, 15) is 5.11 Å². The van der Waals surface area contributed by atoms with E-state index in [2.05, 4.69) is 0 Å². The Kier molecular flexibility index (Phi) is 10.4. The fraction of sp³-hybridized carbons (Fsp3) is 0.692. The van der Waals surface area contributed by atoms with Crippen LogP contribution in [0.2, 0.25) is 0 Å². The minimum Gasteiger partial charge on any atom is -0.389 e. The number of allylic oxidation sites excluding steroid dienone is 3. The zero-order valence-electron chi connectivity index (χ0n) is 10.6. The number of hydrogen-bond acceptors (Lipinski definition) is 3. The van der Waals surface area contributed by atoms with Gasteiger partial charge in [-0.05, 0) is 33.6 Å². The van der Waals surface area contributed by atoms with Crippen LogP contribution >= 0.6 is 0 Å². The van der Waals surface area contributed by atoms with Crippen LogP contribution in [0.25, 0.3) is 0 Å². The van der Waals surface area contributed by atoms with Crippen LogP contribution in [0.1, 0.15) is 33.6 Å². The smallest absolute Gasteiger partial charge is 0.154 e. The largest absolute Gasteiger partial charge is 0.389 e. The summed E-state index contributed by atoms with van der Waals surface area (Å²) < 4.78 is 10.6. The van der Waals surface area contributed by atoms with Crippen molar-refractivity contribution >= 4 is 0 Å². The highest BCUT2D eigenvalue weighted by Gasteiger charge is 2.02. The van der Waals surface area contributed by atoms with Crippen molar-refractivity contribution in [2.45, 2.75) is 46.0 Å². The highest BCUT2D eigenvalue weighted by atomic mass is 16.7. The molecule has 0 aliphatic carbocycles. The first kappa shape index (κ1) is 15.4. The molecule has 1 N–H and O–H groups in total. The van der Waals surface area contributed by atoms with Crippen LogP contribution in [-0.4, -0.2) is 30.7 Å². The van der Waals surface area contributed by atoms with Crippen LogP contribution < -0.4 is 0 Å². The fourth-order valence-electron chi connectivity index (χ4n) is 1.22. The third-order valence-electron chi connectivity index (χ3n) is 2.03. The van der Waals surface area contributed by atoms with Gasteiger partial charge in [-0.25, -0.2) is 0 Å². The summed E-state index contributed by atoms with van der Waals surface area (Å²) in [6.07, 6.45) is 8.47. The standard InChI is InChI=1S/C13H24O3/c1-4-6-7-9-13(14)10-8-11-16-12(3)15-5-2/h4,6-7,9,12-14H,5,8,10-11H2,1-3H3. The first-order chi connectivity index (χ1) is 7.70. The summed E-state index contributed by atoms with van der Waals surface area (Å²) in [4.78, 5) is 0. The van der Waals surface area contributed by atoms with Crippen molar-refractivity contribution in [2.75, 3.05) is 13.2 Å². The lowest BCUT2D eigenvalue weighted by Crippen LogP contribution is -2.14. The molecule has 0 rings (SSSR count). The Morgan fingerprint density at radius 3 is 2.62 bits per heavy atom. The molecule has 0 spiro atoms. The van der Waals surface area contributed by atoms with Gasteiger partial charge in [-0.3, -0.25) is 0 Å². The van der Waals surface area contributed by atoms with Gasteiger partial charge in [-0.15, -0.1) is 0 Å². The normalized spacial score (nSPS) is 16.0. The van der Waals surface area contributed by atoms with E-state index < -0.39 is 0 Å². The quantitative estimate of drug-likeness (QED) is 0.374. The van der Waals surface area contributed by atoms with Crippen molar-refractivity contribution in [3.63, 3.8) is 0 Å². The van der Waals surface area contributed by atoms with Gasteiger partial charge >= 0.3 is 0 Å². The van der Waals surface area contributed by atoms with Gasteiger partial charge in [-0.2, -0.15) is 0 Å². The van der Waals surface area contributed by atoms with Crippen LogP contribution in [-0.2, 0) is 9.47 Å². The van der Waals surface area contributed by atoms with Crippen molar-refractivity contribution < 1.29 is 14.6 Å². The molecule has 0 amide bonds. The van der Waals surface area contributed by atoms with E-state index >= 15 is 0 Å². The topological polar surface area (TPSA) is 38.7 Å². The summed E-state index contributed by atoms with van der Waals surface area (Å²) in [5.74, 6) is 0. The zero-order valence-corrected chi connectivity index (χ0v) is 10.6. The lowest BCUT2D eigenvalue weighted by atomic mass is 10.2. The molecule has 0 saturated heterocycles. The molecule has 0 aromatic heterocycles. The molecule has 2 atom stereocenters. The van der Waals surface area contributed by atoms with Crippen molar-refractivity contribution in [1.82, 2.24) is 0 Å². The summed E-state index contributed by atoms with van der Waals surface area (Å²) in [5, 5.41) is 9.54. The summed E-state index contributed by atoms with van der Waals surface area (Å²) in [6, 6.07) is 0. The summed E-state index contributed by atoms with van der Waals surface area (Å²) in [6.45, 7) is 7.05. The summed E-state index contributed by atoms with van der Waals surface area (Å²) in [7, 11) is 0. The van der Waals surface area contributed by atoms with E-state index in [1.807, 2.05) is 39.0 Å². The molecule has 0 heterocycles. The van der Waals surface area contributed by atoms with Crippen LogP contribution in [0.5, 0.6) is 0 Å². The van der Waals surface area contributed by atoms with Gasteiger partial charge in [0, 0.05) is 13.2 Å². The average molecular weight is 228 g/mol. The lowest BCUT2D eigenvalue weighted by Gasteiger charge is -2.13. The van der Waals surface area contributed by atoms with E-state index in [1.54, 1.807) is 6.08 Å². The molecule has 0 fully saturated rings. The van der Waals surface area contributed by atoms with E-state index in [-0.39, 0.29) is 12.4 Å². The highest BCUT2D eigenvalue weighted by molar-refractivity contribution is 5.03. The third kappa shape index (κ3) is 9.90. The second-order valence-corrected chi connectivity index (χ2v) is 3.51. The Bertz CT molecular complexity index is 199. The molecule has 0 bridgehead atoms. The van der Waals surface area contributed by atoms with Crippen molar-refractivity contribution in [1.29, 1.82) is 0 Å². The van der Waals surface area contributed by atoms with E-state index in [0.29, 0.717) is 19.6 Å². The number of hydrogen-bond donors (Lipinski definition) is 1. The Morgan fingerprint density at radius 2 is 2.00 bits per heavy atom. The molecule has 2 unspecified atom stereocenters. The Morgan fingerprint density at radius 1 is 1.25 bits per heavy atom. The van der Waals surface area contributed by atoms with E-state index in [1.165, 1.54) is 0 Å². The predicted octanol–water partition coefficient (Wildman–Crippen LogP) is 2.66. The number of rotatable bonds is 9. The number of aliphatic hydroxyl groups excluding tert-OH is 1. The zero-order chi connectivity index (χ0) is 12.2. The Balaban J connectivity index is 3.43. The van der Waals surface area contributed by atoms with Gasteiger partial charge < -0.3 is 14.6 Å². The van der Waals surface area contributed by atoms with E-state index in [0.717, 1.165) is 6.42 Å². The van der Waals surface area contributed by atoms with E-state index in [4.69, 9.17) is 9.47 Å². The minimum atomic E-state index is -0.387. The summed E-state index contributed by atoms with van der Waals surface area (Å²) in [5.41, 5.74) is 0. The molecule has 0 aliphatic rings. The first-order valence-corrected chi connectivity index (χ1v) is 5.91. The molecule has 0 saturated carbocycles. The molecule has 3 nitrogen and oxygen atoms in total. The molecule has 3 heteroatoms. The molecule has 94 valence electrons. The third-order valence-corrected chi connectivity index (χ3v) is 2.03. The van der Waals surface area contributed by atoms with Crippen LogP contribution in [0, 0.1) is 0 Å². The van der Waals surface area contributed by atoms with Gasteiger partial charge in [0.2, 0.25) is 0 Å². The minimum absolute atomic E-state index is 0.152. The van der Waals surface area contributed by atoms with Crippen LogP contribution in [0.3, 0.4) is 0 Å². The van der Waals surface area contributed by atoms with Crippen molar-refractivity contribution in [2.24, 2.45) is 0 Å². The fourth-order valence-corrected chi connectivity index (χ4v) is 1.22. The van der Waals surface area contributed by atoms with Gasteiger partial charge in [0.1, 0.15) is 0 Å². The Hall–Kier alpha value is -0.640. The molecule has 0 aromatic carbocycles. The van der Waals surface area contributed by atoms with Gasteiger partial charge in [0.15, 0.2) is 6.29 Å². The predicted molar refractivity (Wildman–Crippen MR) is 66.2 cm³/mol. The number of ether oxygens (including phenoxy) is 2. The second kappa shape index (κ2) is 10.9.